The van der Waals surface area contributed by atoms with Gasteiger partial charge in [0.05, 0.1) is 6.54 Å². The van der Waals surface area contributed by atoms with Gasteiger partial charge in [-0.3, -0.25) is 15.0 Å². The number of carbonyl (C=O) groups is 2. The van der Waals surface area contributed by atoms with Crippen LogP contribution in [-0.4, -0.2) is 46.7 Å². The van der Waals surface area contributed by atoms with E-state index in [2.05, 4.69) is 15.3 Å². The summed E-state index contributed by atoms with van der Waals surface area (Å²) in [6.07, 6.45) is 6.00. The Kier molecular flexibility index (Phi) is 4.35. The molecule has 1 unspecified atom stereocenters. The lowest BCUT2D eigenvalue weighted by molar-refractivity contribution is -0.119. The molecule has 1 amide bonds. The van der Waals surface area contributed by atoms with Crippen LogP contribution in [0, 0.1) is 5.92 Å². The number of aromatic nitrogens is 2. The van der Waals surface area contributed by atoms with E-state index < -0.39 is 0 Å². The summed E-state index contributed by atoms with van der Waals surface area (Å²) < 4.78 is 0. The van der Waals surface area contributed by atoms with Crippen LogP contribution in [0.15, 0.2) is 18.5 Å². The van der Waals surface area contributed by atoms with E-state index in [0.29, 0.717) is 12.5 Å². The molecule has 1 fully saturated rings. The van der Waals surface area contributed by atoms with Gasteiger partial charge in [0.15, 0.2) is 0 Å². The SMILES string of the molecule is O=CC1CCCN(CC(=O)Nc2ncccn2)C1. The molecule has 0 aliphatic carbocycles. The van der Waals surface area contributed by atoms with Gasteiger partial charge in [0, 0.05) is 24.9 Å². The number of hydrogen-bond acceptors (Lipinski definition) is 5. The molecule has 1 atom stereocenters. The van der Waals surface area contributed by atoms with Gasteiger partial charge in [-0.2, -0.15) is 0 Å². The minimum atomic E-state index is -0.146. The first-order valence-electron chi connectivity index (χ1n) is 6.02. The normalized spacial score (nSPS) is 20.3. The number of nitrogens with zero attached hydrogens (tertiary/aromatic N) is 3. The van der Waals surface area contributed by atoms with E-state index in [4.69, 9.17) is 0 Å². The maximum Gasteiger partial charge on any atom is 0.240 e. The average Bonchev–Trinajstić information content (AvgIpc) is 2.40. The molecule has 1 aliphatic rings. The monoisotopic (exact) mass is 248 g/mol. The molecule has 0 radical (unpaired) electrons. The van der Waals surface area contributed by atoms with Crippen LogP contribution < -0.4 is 5.32 Å². The van der Waals surface area contributed by atoms with Crippen molar-refractivity contribution in [2.75, 3.05) is 25.0 Å². The van der Waals surface area contributed by atoms with Gasteiger partial charge in [-0.15, -0.1) is 0 Å². The summed E-state index contributed by atoms with van der Waals surface area (Å²) in [5.74, 6) is 0.221. The Hall–Kier alpha value is -1.82. The molecule has 1 aromatic heterocycles. The zero-order valence-electron chi connectivity index (χ0n) is 10.1. The van der Waals surface area contributed by atoms with Gasteiger partial charge in [0.1, 0.15) is 6.29 Å². The number of likely N-dealkylation sites (tertiary alicyclic amines) is 1. The van der Waals surface area contributed by atoms with Crippen molar-refractivity contribution in [3.8, 4) is 0 Å². The largest absolute Gasteiger partial charge is 0.303 e. The van der Waals surface area contributed by atoms with Crippen molar-refractivity contribution in [1.82, 2.24) is 14.9 Å². The summed E-state index contributed by atoms with van der Waals surface area (Å²) in [5.41, 5.74) is 0. The molecule has 6 nitrogen and oxygen atoms in total. The van der Waals surface area contributed by atoms with E-state index in [0.717, 1.165) is 25.7 Å². The molecule has 6 heteroatoms. The molecule has 1 aromatic rings. The molecule has 2 heterocycles. The second-order valence-corrected chi connectivity index (χ2v) is 4.39. The number of amides is 1. The van der Waals surface area contributed by atoms with Crippen LogP contribution in [-0.2, 0) is 9.59 Å². The highest BCUT2D eigenvalue weighted by molar-refractivity contribution is 5.90. The Morgan fingerprint density at radius 3 is 3.00 bits per heavy atom. The smallest absolute Gasteiger partial charge is 0.240 e. The van der Waals surface area contributed by atoms with Crippen LogP contribution >= 0.6 is 0 Å². The van der Waals surface area contributed by atoms with Gasteiger partial charge in [-0.1, -0.05) is 0 Å². The summed E-state index contributed by atoms with van der Waals surface area (Å²) in [4.78, 5) is 32.3. The maximum absolute atomic E-state index is 11.8. The molecule has 2 rings (SSSR count). The zero-order valence-corrected chi connectivity index (χ0v) is 10.1. The first-order valence-corrected chi connectivity index (χ1v) is 6.02. The number of rotatable bonds is 4. The summed E-state index contributed by atoms with van der Waals surface area (Å²) in [6, 6.07) is 1.69. The highest BCUT2D eigenvalue weighted by Gasteiger charge is 2.21. The average molecular weight is 248 g/mol. The fourth-order valence-electron chi connectivity index (χ4n) is 2.08. The molecule has 1 N–H and O–H groups in total. The molecular formula is C12H16N4O2. The van der Waals surface area contributed by atoms with Gasteiger partial charge >= 0.3 is 0 Å². The predicted molar refractivity (Wildman–Crippen MR) is 65.9 cm³/mol. The van der Waals surface area contributed by atoms with Crippen molar-refractivity contribution in [2.45, 2.75) is 12.8 Å². The lowest BCUT2D eigenvalue weighted by Crippen LogP contribution is -2.41. The van der Waals surface area contributed by atoms with E-state index in [1.807, 2.05) is 4.90 Å². The van der Waals surface area contributed by atoms with Gasteiger partial charge in [0.25, 0.3) is 0 Å². The molecule has 1 saturated heterocycles. The Morgan fingerprint density at radius 1 is 1.50 bits per heavy atom. The fourth-order valence-corrected chi connectivity index (χ4v) is 2.08. The highest BCUT2D eigenvalue weighted by Crippen LogP contribution is 2.13. The standard InChI is InChI=1S/C12H16N4O2/c17-9-10-3-1-6-16(7-10)8-11(18)15-12-13-4-2-5-14-12/h2,4-5,9-10H,1,3,6-8H2,(H,13,14,15,18). The summed E-state index contributed by atoms with van der Waals surface area (Å²) in [6.45, 7) is 1.79. The van der Waals surface area contributed by atoms with Crippen molar-refractivity contribution in [2.24, 2.45) is 5.92 Å². The quantitative estimate of drug-likeness (QED) is 0.777. The summed E-state index contributed by atoms with van der Waals surface area (Å²) in [7, 11) is 0. The van der Waals surface area contributed by atoms with Crippen molar-refractivity contribution >= 4 is 18.1 Å². The number of hydrogen-bond donors (Lipinski definition) is 1. The topological polar surface area (TPSA) is 75.2 Å². The zero-order chi connectivity index (χ0) is 12.8. The summed E-state index contributed by atoms with van der Waals surface area (Å²) in [5, 5.41) is 2.63. The van der Waals surface area contributed by atoms with Gasteiger partial charge in [-0.25, -0.2) is 9.97 Å². The number of nitrogens with one attached hydrogen (secondary N) is 1. The molecule has 0 saturated carbocycles. The first-order chi connectivity index (χ1) is 8.78. The lowest BCUT2D eigenvalue weighted by atomic mass is 10.00. The molecule has 0 aromatic carbocycles. The third-order valence-electron chi connectivity index (χ3n) is 2.92. The van der Waals surface area contributed by atoms with E-state index in [-0.39, 0.29) is 18.4 Å². The van der Waals surface area contributed by atoms with Gasteiger partial charge < -0.3 is 4.79 Å². The predicted octanol–water partition coefficient (Wildman–Crippen LogP) is 0.326. The minimum Gasteiger partial charge on any atom is -0.303 e. The Bertz CT molecular complexity index is 410. The molecule has 0 bridgehead atoms. The third kappa shape index (κ3) is 3.59. The van der Waals surface area contributed by atoms with Crippen molar-refractivity contribution < 1.29 is 9.59 Å². The van der Waals surface area contributed by atoms with Gasteiger partial charge in [-0.05, 0) is 25.5 Å². The first kappa shape index (κ1) is 12.6. The fraction of sp³-hybridized carbons (Fsp3) is 0.500. The second kappa shape index (κ2) is 6.20. The van der Waals surface area contributed by atoms with E-state index in [9.17, 15) is 9.59 Å². The third-order valence-corrected chi connectivity index (χ3v) is 2.92. The number of carbonyl (C=O) groups excluding carboxylic acids is 2. The maximum atomic E-state index is 11.8. The molecule has 18 heavy (non-hydrogen) atoms. The van der Waals surface area contributed by atoms with Crippen LogP contribution in [0.3, 0.4) is 0 Å². The Morgan fingerprint density at radius 2 is 2.28 bits per heavy atom. The van der Waals surface area contributed by atoms with E-state index >= 15 is 0 Å². The van der Waals surface area contributed by atoms with Crippen molar-refractivity contribution in [3.63, 3.8) is 0 Å². The van der Waals surface area contributed by atoms with Crippen LogP contribution in [0.5, 0.6) is 0 Å². The van der Waals surface area contributed by atoms with Crippen LogP contribution in [0.1, 0.15) is 12.8 Å². The van der Waals surface area contributed by atoms with Crippen LogP contribution in [0.2, 0.25) is 0 Å². The van der Waals surface area contributed by atoms with E-state index in [1.54, 1.807) is 18.5 Å². The lowest BCUT2D eigenvalue weighted by Gasteiger charge is -2.29. The summed E-state index contributed by atoms with van der Waals surface area (Å²) >= 11 is 0. The van der Waals surface area contributed by atoms with Crippen molar-refractivity contribution in [3.05, 3.63) is 18.5 Å². The Labute approximate surface area is 105 Å². The minimum absolute atomic E-state index is 0.0551. The number of anilines is 1. The van der Waals surface area contributed by atoms with Gasteiger partial charge in [0.2, 0.25) is 11.9 Å². The number of piperidine rings is 1. The van der Waals surface area contributed by atoms with E-state index in [1.165, 1.54) is 0 Å². The second-order valence-electron chi connectivity index (χ2n) is 4.39. The molecule has 1 aliphatic heterocycles. The molecular weight excluding hydrogens is 232 g/mol. The number of aldehydes is 1. The molecule has 96 valence electrons. The van der Waals surface area contributed by atoms with Crippen molar-refractivity contribution in [1.29, 1.82) is 0 Å². The Balaban J connectivity index is 1.82. The molecule has 0 spiro atoms. The van der Waals surface area contributed by atoms with Crippen LogP contribution in [0.4, 0.5) is 5.95 Å². The highest BCUT2D eigenvalue weighted by atomic mass is 16.2. The van der Waals surface area contributed by atoms with Crippen LogP contribution in [0.25, 0.3) is 0 Å².